The van der Waals surface area contributed by atoms with Crippen LogP contribution in [-0.4, -0.2) is 11.0 Å². The van der Waals surface area contributed by atoms with Crippen molar-refractivity contribution in [2.45, 2.75) is 6.92 Å². The Morgan fingerprint density at radius 2 is 1.74 bits per heavy atom. The molecule has 0 unspecified atom stereocenters. The molecule has 0 spiro atoms. The van der Waals surface area contributed by atoms with E-state index in [0.717, 1.165) is 16.6 Å². The summed E-state index contributed by atoms with van der Waals surface area (Å²) in [4.78, 5) is 21.5. The predicted molar refractivity (Wildman–Crippen MR) is 90.3 cm³/mol. The van der Waals surface area contributed by atoms with Gasteiger partial charge in [-0.15, -0.1) is 0 Å². The van der Waals surface area contributed by atoms with E-state index in [9.17, 15) is 14.9 Å². The summed E-state index contributed by atoms with van der Waals surface area (Å²) in [7, 11) is 0. The number of aryl methyl sites for hydroxylation is 1. The van der Waals surface area contributed by atoms with Gasteiger partial charge in [-0.1, -0.05) is 49.0 Å². The van der Waals surface area contributed by atoms with Crippen molar-refractivity contribution in [2.75, 3.05) is 0 Å². The van der Waals surface area contributed by atoms with Gasteiger partial charge < -0.3 is 9.94 Å². The van der Waals surface area contributed by atoms with Crippen LogP contribution in [-0.2, 0) is 4.79 Å². The van der Waals surface area contributed by atoms with Crippen LogP contribution in [0, 0.1) is 17.0 Å². The summed E-state index contributed by atoms with van der Waals surface area (Å²) < 4.78 is 1.46. The Labute approximate surface area is 133 Å². The third kappa shape index (κ3) is 3.71. The number of rotatable bonds is 2. The van der Waals surface area contributed by atoms with Crippen LogP contribution in [0.25, 0.3) is 16.6 Å². The minimum absolute atomic E-state index is 0.392. The summed E-state index contributed by atoms with van der Waals surface area (Å²) in [6.07, 6.45) is 2.03. The van der Waals surface area contributed by atoms with E-state index in [2.05, 4.69) is 6.58 Å². The van der Waals surface area contributed by atoms with Crippen molar-refractivity contribution >= 4 is 22.9 Å². The third-order valence-corrected chi connectivity index (χ3v) is 3.25. The fraction of sp³-hybridized carbons (Fsp3) is 0.0556. The number of aldehydes is 1. The van der Waals surface area contributed by atoms with Gasteiger partial charge in [-0.2, -0.15) is 0 Å². The summed E-state index contributed by atoms with van der Waals surface area (Å²) in [5.41, 5.74) is 2.60. The van der Waals surface area contributed by atoms with Gasteiger partial charge in [0, 0.05) is 16.5 Å². The van der Waals surface area contributed by atoms with Gasteiger partial charge in [-0.05, 0) is 18.6 Å². The lowest BCUT2D eigenvalue weighted by molar-refractivity contribution is -0.465. The molecule has 0 aliphatic rings. The molecule has 0 saturated carbocycles. The maximum atomic E-state index is 11.4. The molecule has 23 heavy (non-hydrogen) atoms. The minimum atomic E-state index is 0.392. The largest absolute Gasteiger partial charge is 0.805 e. The first kappa shape index (κ1) is 16.2. The van der Waals surface area contributed by atoms with Crippen LogP contribution in [0.1, 0.15) is 11.3 Å². The Hall–Kier alpha value is -3.21. The maximum Gasteiger partial charge on any atom is 0.285 e. The molecule has 2 aromatic carbocycles. The van der Waals surface area contributed by atoms with Gasteiger partial charge in [-0.25, -0.2) is 0 Å². The van der Waals surface area contributed by atoms with Crippen LogP contribution in [0.3, 0.4) is 0 Å². The Morgan fingerprint density at radius 1 is 1.13 bits per heavy atom. The first-order valence-corrected chi connectivity index (χ1v) is 6.95. The highest BCUT2D eigenvalue weighted by atomic mass is 16.5. The molecule has 5 nitrogen and oxygen atoms in total. The van der Waals surface area contributed by atoms with Crippen LogP contribution in [0.5, 0.6) is 0 Å². The number of para-hydroxylation sites is 2. The SMILES string of the molecule is C=C(C=O)c1ccccc1.Cc1c[n+](=O)c2ccccc2n1[O-]. The second-order valence-electron chi connectivity index (χ2n) is 4.89. The Balaban J connectivity index is 0.000000174. The van der Waals surface area contributed by atoms with Gasteiger partial charge in [0.25, 0.3) is 5.52 Å². The van der Waals surface area contributed by atoms with Crippen LogP contribution < -0.4 is 4.43 Å². The van der Waals surface area contributed by atoms with Crippen LogP contribution in [0.15, 0.2) is 67.4 Å². The number of carbonyl (C=O) groups excluding carboxylic acids is 1. The molecule has 1 aromatic heterocycles. The molecule has 116 valence electrons. The first-order chi connectivity index (χ1) is 11.0. The van der Waals surface area contributed by atoms with E-state index in [-0.39, 0.29) is 0 Å². The number of aromatic nitrogens is 2. The normalized spacial score (nSPS) is 9.78. The summed E-state index contributed by atoms with van der Waals surface area (Å²) in [6, 6.07) is 16.1. The quantitative estimate of drug-likeness (QED) is 0.415. The van der Waals surface area contributed by atoms with Crippen molar-refractivity contribution in [1.82, 2.24) is 4.73 Å². The summed E-state index contributed by atoms with van der Waals surface area (Å²) in [6.45, 7) is 5.18. The predicted octanol–water partition coefficient (Wildman–Crippen LogP) is 3.11. The molecule has 0 amide bonds. The van der Waals surface area contributed by atoms with Crippen molar-refractivity contribution < 1.29 is 9.22 Å². The van der Waals surface area contributed by atoms with Crippen molar-refractivity contribution in [3.8, 4) is 0 Å². The molecule has 0 aliphatic heterocycles. The van der Waals surface area contributed by atoms with Crippen LogP contribution in [0.2, 0.25) is 0 Å². The first-order valence-electron chi connectivity index (χ1n) is 6.95. The summed E-state index contributed by atoms with van der Waals surface area (Å²) in [5, 5.41) is 11.4. The number of benzene rings is 2. The smallest absolute Gasteiger partial charge is 0.285 e. The molecule has 0 fully saturated rings. The number of nitrogens with zero attached hydrogens (tertiary/aromatic N) is 2. The van der Waals surface area contributed by atoms with E-state index < -0.39 is 0 Å². The molecule has 0 atom stereocenters. The molecule has 3 rings (SSSR count). The van der Waals surface area contributed by atoms with Crippen LogP contribution in [0.4, 0.5) is 0 Å². The minimum Gasteiger partial charge on any atom is -0.805 e. The molecule has 0 aliphatic carbocycles. The second-order valence-corrected chi connectivity index (χ2v) is 4.89. The van der Waals surface area contributed by atoms with Gasteiger partial charge in [0.2, 0.25) is 6.20 Å². The van der Waals surface area contributed by atoms with E-state index in [1.165, 1.54) is 6.20 Å². The summed E-state index contributed by atoms with van der Waals surface area (Å²) >= 11 is 0. The zero-order chi connectivity index (χ0) is 16.8. The van der Waals surface area contributed by atoms with Crippen molar-refractivity contribution in [2.24, 2.45) is 0 Å². The van der Waals surface area contributed by atoms with E-state index in [1.807, 2.05) is 30.3 Å². The second kappa shape index (κ2) is 7.17. The lowest BCUT2D eigenvalue weighted by atomic mass is 10.1. The Kier molecular flexibility index (Phi) is 5.04. The molecular formula is C18H16N2O3. The van der Waals surface area contributed by atoms with Gasteiger partial charge in [0.15, 0.2) is 0 Å². The van der Waals surface area contributed by atoms with Crippen molar-refractivity contribution in [1.29, 1.82) is 0 Å². The average Bonchev–Trinajstić information content (AvgIpc) is 2.60. The van der Waals surface area contributed by atoms with Crippen LogP contribution >= 0.6 is 0 Å². The Bertz CT molecular complexity index is 899. The van der Waals surface area contributed by atoms with Crippen molar-refractivity contribution in [3.63, 3.8) is 0 Å². The van der Waals surface area contributed by atoms with Gasteiger partial charge >= 0.3 is 0 Å². The standard InChI is InChI=1S/C9H8N2O2.C9H8O/c1-7-6-10(12)8-4-2-3-5-9(8)11(7)13;1-8(7-10)9-5-3-2-4-6-9/h2-6H,1H3;2-7H,1H2. The van der Waals surface area contributed by atoms with Gasteiger partial charge in [-0.3, -0.25) is 4.79 Å². The van der Waals surface area contributed by atoms with E-state index in [1.54, 1.807) is 31.2 Å². The number of carbonyl (C=O) groups is 1. The lowest BCUT2D eigenvalue weighted by Crippen LogP contribution is -2.18. The topological polar surface area (TPSA) is 68.0 Å². The monoisotopic (exact) mass is 308 g/mol. The fourth-order valence-electron chi connectivity index (χ4n) is 2.02. The average molecular weight is 308 g/mol. The van der Waals surface area contributed by atoms with E-state index >= 15 is 0 Å². The molecule has 0 bridgehead atoms. The highest BCUT2D eigenvalue weighted by Gasteiger charge is 2.07. The van der Waals surface area contributed by atoms with Crippen molar-refractivity contribution in [3.05, 3.63) is 88.7 Å². The van der Waals surface area contributed by atoms with Gasteiger partial charge in [0.1, 0.15) is 11.8 Å². The molecule has 5 heteroatoms. The molecule has 0 saturated heterocycles. The highest BCUT2D eigenvalue weighted by molar-refractivity contribution is 6.05. The molecule has 0 N–H and O–H groups in total. The van der Waals surface area contributed by atoms with E-state index in [4.69, 9.17) is 0 Å². The summed E-state index contributed by atoms with van der Waals surface area (Å²) in [5.74, 6) is 0. The maximum absolute atomic E-state index is 11.4. The number of hydrogen-bond acceptors (Lipinski definition) is 3. The number of hydrogen-bond donors (Lipinski definition) is 0. The zero-order valence-corrected chi connectivity index (χ0v) is 12.7. The molecule has 1 heterocycles. The number of fused-ring (bicyclic) bond motifs is 1. The lowest BCUT2D eigenvalue weighted by Gasteiger charge is -2.13. The molecular weight excluding hydrogens is 292 g/mol. The Morgan fingerprint density at radius 3 is 2.39 bits per heavy atom. The zero-order valence-electron chi connectivity index (χ0n) is 12.7. The highest BCUT2D eigenvalue weighted by Crippen LogP contribution is 2.09. The van der Waals surface area contributed by atoms with Gasteiger partial charge in [0.05, 0.1) is 10.1 Å². The molecule has 3 aromatic rings. The fourth-order valence-corrected chi connectivity index (χ4v) is 2.02. The number of allylic oxidation sites excluding steroid dienone is 1. The molecule has 0 radical (unpaired) electrons. The third-order valence-electron chi connectivity index (χ3n) is 3.25. The van der Waals surface area contributed by atoms with E-state index in [0.29, 0.717) is 26.7 Å².